The molecule has 0 saturated carbocycles. The van der Waals surface area contributed by atoms with Crippen molar-refractivity contribution in [2.24, 2.45) is 5.73 Å². The number of phenolic OH excluding ortho intramolecular Hbond substituents is 1. The third kappa shape index (κ3) is 2.90. The summed E-state index contributed by atoms with van der Waals surface area (Å²) < 4.78 is 0. The highest BCUT2D eigenvalue weighted by Crippen LogP contribution is 2.19. The molecule has 1 rings (SSSR count). The smallest absolute Gasteiger partial charge is 0.163 e. The number of benzene rings is 1. The number of nitrogens with two attached hydrogens (primary N) is 1. The lowest BCUT2D eigenvalue weighted by atomic mass is 10.00. The first kappa shape index (κ1) is 12.4. The molecular weight excluding hydrogens is 206 g/mol. The average Bonchev–Trinajstić information content (AvgIpc) is 2.20. The molecule has 1 aromatic carbocycles. The summed E-state index contributed by atoms with van der Waals surface area (Å²) in [7, 11) is 0. The van der Waals surface area contributed by atoms with Gasteiger partial charge < -0.3 is 10.8 Å². The molecule has 86 valence electrons. The summed E-state index contributed by atoms with van der Waals surface area (Å²) >= 11 is 0. The van der Waals surface area contributed by atoms with Crippen LogP contribution < -0.4 is 5.73 Å². The second-order valence-electron chi connectivity index (χ2n) is 3.83. The quantitative estimate of drug-likeness (QED) is 0.745. The summed E-state index contributed by atoms with van der Waals surface area (Å²) in [6.07, 6.45) is 0.371. The SMILES string of the molecule is CC(=O)c1cc(C[C@H](N)C(C)=O)ccc1O. The highest BCUT2D eigenvalue weighted by molar-refractivity contribution is 5.96. The molecule has 3 N–H and O–H groups in total. The number of carbonyl (C=O) groups is 2. The first-order chi connectivity index (χ1) is 7.41. The molecule has 0 bridgehead atoms. The molecule has 0 amide bonds. The van der Waals surface area contributed by atoms with E-state index in [-0.39, 0.29) is 22.9 Å². The molecule has 16 heavy (non-hydrogen) atoms. The molecule has 0 aliphatic heterocycles. The number of phenols is 1. The second kappa shape index (κ2) is 4.90. The number of Topliss-reactive ketones (excluding diaryl/α,β-unsaturated/α-hetero) is 2. The Morgan fingerprint density at radius 1 is 1.38 bits per heavy atom. The van der Waals surface area contributed by atoms with Gasteiger partial charge in [0.25, 0.3) is 0 Å². The Balaban J connectivity index is 2.95. The van der Waals surface area contributed by atoms with E-state index in [2.05, 4.69) is 0 Å². The van der Waals surface area contributed by atoms with Crippen LogP contribution in [0.3, 0.4) is 0 Å². The molecule has 1 aromatic rings. The molecule has 1 atom stereocenters. The van der Waals surface area contributed by atoms with Gasteiger partial charge in [0.2, 0.25) is 0 Å². The van der Waals surface area contributed by atoms with Crippen LogP contribution in [0.2, 0.25) is 0 Å². The van der Waals surface area contributed by atoms with Crippen LogP contribution in [0.15, 0.2) is 18.2 Å². The maximum atomic E-state index is 11.2. The van der Waals surface area contributed by atoms with E-state index in [1.165, 1.54) is 19.9 Å². The minimum atomic E-state index is -0.565. The highest BCUT2D eigenvalue weighted by atomic mass is 16.3. The normalized spacial score (nSPS) is 12.2. The zero-order valence-electron chi connectivity index (χ0n) is 9.36. The standard InChI is InChI=1S/C12H15NO3/c1-7(14)10-5-9(3-4-12(10)16)6-11(13)8(2)15/h3-5,11,16H,6,13H2,1-2H3/t11-/m0/s1. The van der Waals surface area contributed by atoms with E-state index in [9.17, 15) is 14.7 Å². The number of aromatic hydroxyl groups is 1. The maximum Gasteiger partial charge on any atom is 0.163 e. The Bertz CT molecular complexity index is 426. The van der Waals surface area contributed by atoms with Crippen molar-refractivity contribution < 1.29 is 14.7 Å². The fourth-order valence-corrected chi connectivity index (χ4v) is 1.39. The molecule has 0 aliphatic rings. The van der Waals surface area contributed by atoms with Crippen LogP contribution in [0.1, 0.15) is 29.8 Å². The van der Waals surface area contributed by atoms with E-state index in [4.69, 9.17) is 5.73 Å². The van der Waals surface area contributed by atoms with Crippen molar-refractivity contribution in [3.63, 3.8) is 0 Å². The molecule has 0 saturated heterocycles. The lowest BCUT2D eigenvalue weighted by Crippen LogP contribution is -2.30. The summed E-state index contributed by atoms with van der Waals surface area (Å²) in [6, 6.07) is 4.11. The molecular formula is C12H15NO3. The van der Waals surface area contributed by atoms with Crippen LogP contribution in [0.25, 0.3) is 0 Å². The van der Waals surface area contributed by atoms with E-state index >= 15 is 0 Å². The van der Waals surface area contributed by atoms with E-state index < -0.39 is 6.04 Å². The first-order valence-electron chi connectivity index (χ1n) is 5.00. The van der Waals surface area contributed by atoms with Crippen molar-refractivity contribution in [2.45, 2.75) is 26.3 Å². The minimum Gasteiger partial charge on any atom is -0.507 e. The number of carbonyl (C=O) groups excluding carboxylic acids is 2. The summed E-state index contributed by atoms with van der Waals surface area (Å²) in [5.74, 6) is -0.360. The Hall–Kier alpha value is -1.68. The molecule has 0 unspecified atom stereocenters. The fourth-order valence-electron chi connectivity index (χ4n) is 1.39. The van der Waals surface area contributed by atoms with Crippen LogP contribution >= 0.6 is 0 Å². The summed E-state index contributed by atoms with van der Waals surface area (Å²) in [6.45, 7) is 2.81. The van der Waals surface area contributed by atoms with Gasteiger partial charge in [-0.05, 0) is 38.0 Å². The van der Waals surface area contributed by atoms with Crippen LogP contribution in [0.5, 0.6) is 5.75 Å². The molecule has 0 aromatic heterocycles. The lowest BCUT2D eigenvalue weighted by molar-refractivity contribution is -0.118. The van der Waals surface area contributed by atoms with Crippen LogP contribution in [0, 0.1) is 0 Å². The second-order valence-corrected chi connectivity index (χ2v) is 3.83. The van der Waals surface area contributed by atoms with Gasteiger partial charge in [0.1, 0.15) is 11.5 Å². The maximum absolute atomic E-state index is 11.2. The lowest BCUT2D eigenvalue weighted by Gasteiger charge is -2.09. The van der Waals surface area contributed by atoms with Gasteiger partial charge in [0.05, 0.1) is 11.6 Å². The zero-order chi connectivity index (χ0) is 12.3. The number of rotatable bonds is 4. The van der Waals surface area contributed by atoms with Crippen molar-refractivity contribution in [2.75, 3.05) is 0 Å². The topological polar surface area (TPSA) is 80.4 Å². The van der Waals surface area contributed by atoms with Gasteiger partial charge in [-0.3, -0.25) is 9.59 Å². The number of hydrogen-bond donors (Lipinski definition) is 2. The average molecular weight is 221 g/mol. The van der Waals surface area contributed by atoms with Crippen molar-refractivity contribution >= 4 is 11.6 Å². The Morgan fingerprint density at radius 2 is 2.00 bits per heavy atom. The third-order valence-corrected chi connectivity index (χ3v) is 2.42. The Labute approximate surface area is 94.1 Å². The van der Waals surface area contributed by atoms with Gasteiger partial charge in [-0.1, -0.05) is 6.07 Å². The summed E-state index contributed by atoms with van der Waals surface area (Å²) in [4.78, 5) is 22.2. The molecule has 0 radical (unpaired) electrons. The van der Waals surface area contributed by atoms with Gasteiger partial charge in [0.15, 0.2) is 5.78 Å². The van der Waals surface area contributed by atoms with Gasteiger partial charge in [-0.2, -0.15) is 0 Å². The Kier molecular flexibility index (Phi) is 3.79. The van der Waals surface area contributed by atoms with Gasteiger partial charge in [-0.15, -0.1) is 0 Å². The van der Waals surface area contributed by atoms with E-state index in [0.717, 1.165) is 5.56 Å². The predicted octanol–water partition coefficient (Wildman–Crippen LogP) is 1.05. The monoisotopic (exact) mass is 221 g/mol. The van der Waals surface area contributed by atoms with Gasteiger partial charge in [0, 0.05) is 0 Å². The largest absolute Gasteiger partial charge is 0.507 e. The van der Waals surface area contributed by atoms with E-state index in [1.54, 1.807) is 12.1 Å². The number of hydrogen-bond acceptors (Lipinski definition) is 4. The molecule has 0 heterocycles. The van der Waals surface area contributed by atoms with Crippen LogP contribution in [-0.4, -0.2) is 22.7 Å². The molecule has 0 spiro atoms. The van der Waals surface area contributed by atoms with Crippen molar-refractivity contribution in [3.8, 4) is 5.75 Å². The Morgan fingerprint density at radius 3 is 2.50 bits per heavy atom. The summed E-state index contributed by atoms with van der Waals surface area (Å²) in [5, 5.41) is 9.43. The molecule has 0 aliphatic carbocycles. The first-order valence-corrected chi connectivity index (χ1v) is 5.00. The fraction of sp³-hybridized carbons (Fsp3) is 0.333. The highest BCUT2D eigenvalue weighted by Gasteiger charge is 2.12. The summed E-state index contributed by atoms with van der Waals surface area (Å²) in [5.41, 5.74) is 6.64. The predicted molar refractivity (Wildman–Crippen MR) is 60.5 cm³/mol. The zero-order valence-corrected chi connectivity index (χ0v) is 9.36. The number of ketones is 2. The molecule has 4 nitrogen and oxygen atoms in total. The van der Waals surface area contributed by atoms with Gasteiger partial charge in [-0.25, -0.2) is 0 Å². The third-order valence-electron chi connectivity index (χ3n) is 2.42. The molecule has 0 fully saturated rings. The van der Waals surface area contributed by atoms with Crippen molar-refractivity contribution in [1.82, 2.24) is 0 Å². The van der Waals surface area contributed by atoms with Crippen molar-refractivity contribution in [1.29, 1.82) is 0 Å². The van der Waals surface area contributed by atoms with Crippen LogP contribution in [0.4, 0.5) is 0 Å². The van der Waals surface area contributed by atoms with Gasteiger partial charge >= 0.3 is 0 Å². The van der Waals surface area contributed by atoms with E-state index in [1.807, 2.05) is 0 Å². The molecule has 4 heteroatoms. The van der Waals surface area contributed by atoms with Crippen molar-refractivity contribution in [3.05, 3.63) is 29.3 Å². The minimum absolute atomic E-state index is 0.0485. The van der Waals surface area contributed by atoms with Crippen LogP contribution in [-0.2, 0) is 11.2 Å². The van der Waals surface area contributed by atoms with E-state index in [0.29, 0.717) is 6.42 Å².